The smallest absolute Gasteiger partial charge is 0.242 e. The van der Waals surface area contributed by atoms with Gasteiger partial charge in [-0.1, -0.05) is 98.7 Å². The summed E-state index contributed by atoms with van der Waals surface area (Å²) in [7, 11) is -5.00. The molecular formula is C26H39O3PS. The molecule has 0 fully saturated rings. The maximum absolute atomic E-state index is 12.2. The lowest BCUT2D eigenvalue weighted by molar-refractivity contribution is 0.508. The van der Waals surface area contributed by atoms with Crippen molar-refractivity contribution >= 4 is 23.6 Å². The number of benzene rings is 2. The van der Waals surface area contributed by atoms with E-state index in [0.29, 0.717) is 17.8 Å². The fourth-order valence-corrected chi connectivity index (χ4v) is 7.43. The van der Waals surface area contributed by atoms with Gasteiger partial charge in [-0.3, -0.25) is 0 Å². The van der Waals surface area contributed by atoms with Crippen LogP contribution < -0.4 is 5.30 Å². The Morgan fingerprint density at radius 3 is 1.71 bits per heavy atom. The first-order chi connectivity index (χ1) is 14.1. The summed E-state index contributed by atoms with van der Waals surface area (Å²) >= 11 is 0. The molecule has 31 heavy (non-hydrogen) atoms. The van der Waals surface area contributed by atoms with E-state index in [9.17, 15) is 8.42 Å². The summed E-state index contributed by atoms with van der Waals surface area (Å²) in [5.41, 5.74) is 6.30. The summed E-state index contributed by atoms with van der Waals surface area (Å²) in [6.45, 7) is 19.5. The molecule has 1 atom stereocenters. The maximum atomic E-state index is 12.2. The molecule has 0 aromatic heterocycles. The number of hydrogen-bond acceptors (Lipinski definition) is 3. The summed E-state index contributed by atoms with van der Waals surface area (Å²) in [6.07, 6.45) is 1.15. The van der Waals surface area contributed by atoms with Crippen LogP contribution in [0.3, 0.4) is 0 Å². The van der Waals surface area contributed by atoms with E-state index in [-0.39, 0.29) is 5.16 Å². The van der Waals surface area contributed by atoms with Crippen LogP contribution in [0.5, 0.6) is 0 Å². The maximum Gasteiger partial charge on any atom is 0.267 e. The SMILES string of the molecule is CC(C)c1cc(C(C)C)c(-c2ccccc2P(OS(C)(=O)=O)C(C)(C)C)c(C(C)C)c1. The molecule has 172 valence electrons. The zero-order valence-electron chi connectivity index (χ0n) is 20.8. The van der Waals surface area contributed by atoms with Gasteiger partial charge in [0.15, 0.2) is 0 Å². The molecule has 0 amide bonds. The van der Waals surface area contributed by atoms with Gasteiger partial charge in [0, 0.05) is 10.5 Å². The lowest BCUT2D eigenvalue weighted by atomic mass is 9.82. The van der Waals surface area contributed by atoms with E-state index in [4.69, 9.17) is 3.97 Å². The van der Waals surface area contributed by atoms with Gasteiger partial charge in [-0.05, 0) is 45.6 Å². The molecule has 0 saturated heterocycles. The molecule has 0 spiro atoms. The highest BCUT2D eigenvalue weighted by Gasteiger charge is 2.34. The molecule has 1 unspecified atom stereocenters. The van der Waals surface area contributed by atoms with Crippen LogP contribution in [-0.2, 0) is 14.1 Å². The number of rotatable bonds is 7. The van der Waals surface area contributed by atoms with E-state index < -0.39 is 18.3 Å². The molecule has 2 aromatic carbocycles. The Labute approximate surface area is 191 Å². The minimum absolute atomic E-state index is 0.331. The van der Waals surface area contributed by atoms with Crippen LogP contribution in [0.15, 0.2) is 36.4 Å². The first-order valence-corrected chi connectivity index (χ1v) is 14.2. The van der Waals surface area contributed by atoms with Gasteiger partial charge in [0.25, 0.3) is 10.1 Å². The summed E-state index contributed by atoms with van der Waals surface area (Å²) in [5, 5.41) is 0.652. The van der Waals surface area contributed by atoms with Crippen molar-refractivity contribution in [1.82, 2.24) is 0 Å². The van der Waals surface area contributed by atoms with E-state index in [2.05, 4.69) is 80.5 Å². The van der Waals surface area contributed by atoms with Crippen LogP contribution in [0.1, 0.15) is 96.8 Å². The van der Waals surface area contributed by atoms with Gasteiger partial charge >= 0.3 is 0 Å². The van der Waals surface area contributed by atoms with Crippen LogP contribution in [0.4, 0.5) is 0 Å². The molecule has 2 aromatic rings. The van der Waals surface area contributed by atoms with Gasteiger partial charge in [-0.25, -0.2) is 3.97 Å². The highest BCUT2D eigenvalue weighted by molar-refractivity contribution is 7.91. The first-order valence-electron chi connectivity index (χ1n) is 11.1. The largest absolute Gasteiger partial charge is 0.267 e. The van der Waals surface area contributed by atoms with Crippen molar-refractivity contribution in [2.75, 3.05) is 6.26 Å². The van der Waals surface area contributed by atoms with Crippen molar-refractivity contribution in [1.29, 1.82) is 0 Å². The first kappa shape index (κ1) is 26.0. The van der Waals surface area contributed by atoms with Crippen LogP contribution >= 0.6 is 8.15 Å². The normalized spacial score (nSPS) is 14.0. The quantitative estimate of drug-likeness (QED) is 0.400. The molecule has 5 heteroatoms. The molecule has 0 N–H and O–H groups in total. The monoisotopic (exact) mass is 462 g/mol. The van der Waals surface area contributed by atoms with Crippen molar-refractivity contribution in [3.05, 3.63) is 53.1 Å². The fourth-order valence-electron chi connectivity index (χ4n) is 3.78. The Morgan fingerprint density at radius 1 is 0.839 bits per heavy atom. The average molecular weight is 463 g/mol. The van der Waals surface area contributed by atoms with Crippen LogP contribution in [-0.4, -0.2) is 19.8 Å². The molecule has 0 radical (unpaired) electrons. The summed E-state index contributed by atoms with van der Waals surface area (Å²) in [5.74, 6) is 1.13. The van der Waals surface area contributed by atoms with E-state index in [1.165, 1.54) is 22.3 Å². The standard InChI is InChI=1S/C26H39O3PS/c1-17(2)20-15-22(18(3)4)25(23(16-20)19(5)6)21-13-11-12-14-24(21)30(26(7,8)9)29-31(10,27)28/h11-19H,1-10H3. The molecule has 0 saturated carbocycles. The molecule has 0 heterocycles. The lowest BCUT2D eigenvalue weighted by Crippen LogP contribution is -2.24. The van der Waals surface area contributed by atoms with E-state index >= 15 is 0 Å². The van der Waals surface area contributed by atoms with Gasteiger partial charge in [0.1, 0.15) is 0 Å². The Morgan fingerprint density at radius 2 is 1.32 bits per heavy atom. The van der Waals surface area contributed by atoms with E-state index in [0.717, 1.165) is 17.1 Å². The van der Waals surface area contributed by atoms with Crippen LogP contribution in [0.25, 0.3) is 11.1 Å². The Bertz CT molecular complexity index is 986. The average Bonchev–Trinajstić information content (AvgIpc) is 2.63. The summed E-state index contributed by atoms with van der Waals surface area (Å²) < 4.78 is 30.1. The second kappa shape index (κ2) is 9.73. The molecule has 0 aliphatic rings. The van der Waals surface area contributed by atoms with Gasteiger partial charge in [-0.15, -0.1) is 0 Å². The van der Waals surface area contributed by atoms with E-state index in [1.54, 1.807) is 0 Å². The molecule has 3 nitrogen and oxygen atoms in total. The van der Waals surface area contributed by atoms with Crippen molar-refractivity contribution in [2.24, 2.45) is 0 Å². The zero-order valence-corrected chi connectivity index (χ0v) is 22.5. The third-order valence-electron chi connectivity index (χ3n) is 5.34. The second-order valence-corrected chi connectivity index (χ2v) is 14.7. The van der Waals surface area contributed by atoms with Crippen LogP contribution in [0, 0.1) is 0 Å². The highest BCUT2D eigenvalue weighted by Crippen LogP contribution is 2.53. The minimum atomic E-state index is -3.60. The summed E-state index contributed by atoms with van der Waals surface area (Å²) in [4.78, 5) is 0. The van der Waals surface area contributed by atoms with Gasteiger partial charge in [0.05, 0.1) is 14.4 Å². The topological polar surface area (TPSA) is 43.4 Å². The fraction of sp³-hybridized carbons (Fsp3) is 0.538. The molecule has 2 rings (SSSR count). The zero-order chi connectivity index (χ0) is 23.7. The van der Waals surface area contributed by atoms with Gasteiger partial charge in [-0.2, -0.15) is 8.42 Å². The highest BCUT2D eigenvalue weighted by atomic mass is 32.2. The molecule has 0 aliphatic heterocycles. The Kier molecular flexibility index (Phi) is 8.17. The minimum Gasteiger partial charge on any atom is -0.242 e. The van der Waals surface area contributed by atoms with Crippen molar-refractivity contribution in [3.8, 4) is 11.1 Å². The molecule has 0 bridgehead atoms. The van der Waals surface area contributed by atoms with Crippen molar-refractivity contribution in [3.63, 3.8) is 0 Å². The predicted molar refractivity (Wildman–Crippen MR) is 136 cm³/mol. The summed E-state index contributed by atoms with van der Waals surface area (Å²) in [6, 6.07) is 12.9. The Hall–Kier alpha value is -1.22. The van der Waals surface area contributed by atoms with E-state index in [1.807, 2.05) is 18.2 Å². The third kappa shape index (κ3) is 6.40. The van der Waals surface area contributed by atoms with Crippen molar-refractivity contribution in [2.45, 2.75) is 85.2 Å². The van der Waals surface area contributed by atoms with Gasteiger partial charge in [0.2, 0.25) is 0 Å². The lowest BCUT2D eigenvalue weighted by Gasteiger charge is -2.32. The van der Waals surface area contributed by atoms with Crippen molar-refractivity contribution < 1.29 is 12.4 Å². The number of hydrogen-bond donors (Lipinski definition) is 0. The van der Waals surface area contributed by atoms with Gasteiger partial charge < -0.3 is 0 Å². The predicted octanol–water partition coefficient (Wildman–Crippen LogP) is 7.52. The third-order valence-corrected chi connectivity index (χ3v) is 9.07. The van der Waals surface area contributed by atoms with Crippen LogP contribution in [0.2, 0.25) is 0 Å². The second-order valence-electron chi connectivity index (χ2n) is 10.3. The molecule has 0 aliphatic carbocycles. The molecular weight excluding hydrogens is 423 g/mol. The Balaban J connectivity index is 2.93.